The van der Waals surface area contributed by atoms with Gasteiger partial charge >= 0.3 is 0 Å². The number of aromatic nitrogens is 1. The van der Waals surface area contributed by atoms with Crippen molar-refractivity contribution < 1.29 is 19.8 Å². The topological polar surface area (TPSA) is 112 Å². The Morgan fingerprint density at radius 1 is 0.594 bits per heavy atom. The van der Waals surface area contributed by atoms with Crippen LogP contribution in [0.15, 0.2) is 79.1 Å². The molecule has 0 spiro atoms. The molecule has 0 saturated heterocycles. The fourth-order valence-corrected chi connectivity index (χ4v) is 3.84. The Hall–Kier alpha value is -4.65. The van der Waals surface area contributed by atoms with Gasteiger partial charge in [0.2, 0.25) is 11.6 Å². The number of fused-ring (bicyclic) bond motifs is 2. The van der Waals surface area contributed by atoms with E-state index in [-0.39, 0.29) is 33.8 Å². The van der Waals surface area contributed by atoms with Gasteiger partial charge in [-0.2, -0.15) is 0 Å². The summed E-state index contributed by atoms with van der Waals surface area (Å²) in [6.45, 7) is 0. The molecule has 7 heteroatoms. The van der Waals surface area contributed by atoms with Crippen LogP contribution in [0.4, 0.5) is 22.7 Å². The molecule has 156 valence electrons. The first-order valence-corrected chi connectivity index (χ1v) is 9.85. The van der Waals surface area contributed by atoms with Crippen LogP contribution in [0.1, 0.15) is 31.8 Å². The summed E-state index contributed by atoms with van der Waals surface area (Å²) in [4.78, 5) is 31.1. The van der Waals surface area contributed by atoms with Gasteiger partial charge in [0.15, 0.2) is 0 Å². The van der Waals surface area contributed by atoms with E-state index in [4.69, 9.17) is 0 Å². The SMILES string of the molecule is O=C1c2c(O)ccc(Nc3cccnc3)c2C(=O)c2c(O)ccc(Nc3ccccc3)c21. The van der Waals surface area contributed by atoms with E-state index in [1.807, 2.05) is 30.3 Å². The standard InChI is InChI=1S/C25H17N3O4/c29-18-10-8-16(27-14-5-2-1-3-6-14)20-22(18)25(32)21-17(28-15-7-4-12-26-13-15)9-11-19(30)23(21)24(20)31/h1-13,27-30H. The Morgan fingerprint density at radius 2 is 1.12 bits per heavy atom. The van der Waals surface area contributed by atoms with Gasteiger partial charge in [-0.05, 0) is 48.5 Å². The van der Waals surface area contributed by atoms with E-state index in [0.29, 0.717) is 22.7 Å². The number of phenols is 2. The Kier molecular flexibility index (Phi) is 4.56. The number of hydrogen-bond donors (Lipinski definition) is 4. The van der Waals surface area contributed by atoms with Crippen LogP contribution in [0.3, 0.4) is 0 Å². The molecule has 1 aromatic heterocycles. The highest BCUT2D eigenvalue weighted by molar-refractivity contribution is 6.33. The van der Waals surface area contributed by atoms with E-state index < -0.39 is 11.6 Å². The lowest BCUT2D eigenvalue weighted by molar-refractivity contribution is 0.0975. The third-order valence-electron chi connectivity index (χ3n) is 5.27. The van der Waals surface area contributed by atoms with Crippen molar-refractivity contribution in [2.24, 2.45) is 0 Å². The lowest BCUT2D eigenvalue weighted by Gasteiger charge is -2.24. The zero-order valence-corrected chi connectivity index (χ0v) is 16.7. The van der Waals surface area contributed by atoms with Gasteiger partial charge in [0.1, 0.15) is 11.5 Å². The summed E-state index contributed by atoms with van der Waals surface area (Å²) in [5.74, 6) is -1.74. The minimum Gasteiger partial charge on any atom is -0.507 e. The van der Waals surface area contributed by atoms with Crippen LogP contribution in [0.2, 0.25) is 0 Å². The highest BCUT2D eigenvalue weighted by Gasteiger charge is 2.38. The fraction of sp³-hybridized carbons (Fsp3) is 0. The summed E-state index contributed by atoms with van der Waals surface area (Å²) in [7, 11) is 0. The predicted octanol–water partition coefficient (Wildman–Crippen LogP) is 4.76. The molecule has 0 bridgehead atoms. The number of rotatable bonds is 4. The number of pyridine rings is 1. The molecule has 0 unspecified atom stereocenters. The van der Waals surface area contributed by atoms with Crippen LogP contribution < -0.4 is 10.6 Å². The second-order valence-electron chi connectivity index (χ2n) is 7.28. The highest BCUT2D eigenvalue weighted by atomic mass is 16.3. The van der Waals surface area contributed by atoms with Crippen LogP contribution in [0, 0.1) is 0 Å². The van der Waals surface area contributed by atoms with Gasteiger partial charge in [-0.3, -0.25) is 14.6 Å². The number of anilines is 4. The largest absolute Gasteiger partial charge is 0.507 e. The van der Waals surface area contributed by atoms with E-state index in [1.165, 1.54) is 24.3 Å². The molecule has 1 aliphatic carbocycles. The molecule has 0 fully saturated rings. The molecule has 3 aromatic carbocycles. The lowest BCUT2D eigenvalue weighted by atomic mass is 9.81. The first-order chi connectivity index (χ1) is 15.5. The van der Waals surface area contributed by atoms with Crippen molar-refractivity contribution in [1.29, 1.82) is 0 Å². The van der Waals surface area contributed by atoms with E-state index in [2.05, 4.69) is 15.6 Å². The minimum absolute atomic E-state index is 0.00138. The Labute approximate surface area is 183 Å². The molecule has 5 rings (SSSR count). The van der Waals surface area contributed by atoms with Gasteiger partial charge in [0, 0.05) is 11.9 Å². The lowest BCUT2D eigenvalue weighted by Crippen LogP contribution is -2.23. The summed E-state index contributed by atoms with van der Waals surface area (Å²) in [6.07, 6.45) is 3.18. The number of nitrogens with zero attached hydrogens (tertiary/aromatic N) is 1. The van der Waals surface area contributed by atoms with E-state index in [1.54, 1.807) is 24.5 Å². The smallest absolute Gasteiger partial charge is 0.200 e. The molecular weight excluding hydrogens is 406 g/mol. The zero-order valence-electron chi connectivity index (χ0n) is 16.7. The molecular formula is C25H17N3O4. The van der Waals surface area contributed by atoms with Crippen LogP contribution in [0.25, 0.3) is 0 Å². The van der Waals surface area contributed by atoms with Crippen molar-refractivity contribution in [2.45, 2.75) is 0 Å². The van der Waals surface area contributed by atoms with Gasteiger partial charge in [-0.15, -0.1) is 0 Å². The monoisotopic (exact) mass is 423 g/mol. The van der Waals surface area contributed by atoms with Crippen LogP contribution in [-0.4, -0.2) is 26.8 Å². The first kappa shape index (κ1) is 19.3. The average molecular weight is 423 g/mol. The quantitative estimate of drug-likeness (QED) is 0.309. The molecule has 4 aromatic rings. The van der Waals surface area contributed by atoms with Gasteiger partial charge in [0.25, 0.3) is 0 Å². The molecule has 0 radical (unpaired) electrons. The highest BCUT2D eigenvalue weighted by Crippen LogP contribution is 2.43. The van der Waals surface area contributed by atoms with Crippen molar-refractivity contribution >= 4 is 34.3 Å². The second-order valence-corrected chi connectivity index (χ2v) is 7.28. The summed E-state index contributed by atoms with van der Waals surface area (Å²) < 4.78 is 0. The Balaban J connectivity index is 1.67. The summed E-state index contributed by atoms with van der Waals surface area (Å²) >= 11 is 0. The molecule has 32 heavy (non-hydrogen) atoms. The molecule has 7 nitrogen and oxygen atoms in total. The van der Waals surface area contributed by atoms with Gasteiger partial charge < -0.3 is 20.8 Å². The van der Waals surface area contributed by atoms with Gasteiger partial charge in [0.05, 0.1) is 45.5 Å². The molecule has 0 saturated carbocycles. The second kappa shape index (κ2) is 7.55. The number of ketones is 2. The predicted molar refractivity (Wildman–Crippen MR) is 120 cm³/mol. The molecule has 0 amide bonds. The summed E-state index contributed by atoms with van der Waals surface area (Å²) in [5, 5.41) is 27.2. The number of nitrogens with one attached hydrogen (secondary N) is 2. The number of hydrogen-bond acceptors (Lipinski definition) is 7. The van der Waals surface area contributed by atoms with Crippen LogP contribution >= 0.6 is 0 Å². The zero-order chi connectivity index (χ0) is 22.2. The molecule has 0 aliphatic heterocycles. The molecule has 1 aliphatic rings. The van der Waals surface area contributed by atoms with E-state index in [9.17, 15) is 19.8 Å². The maximum atomic E-state index is 13.5. The van der Waals surface area contributed by atoms with Gasteiger partial charge in [-0.1, -0.05) is 18.2 Å². The number of benzene rings is 3. The van der Waals surface area contributed by atoms with E-state index >= 15 is 0 Å². The molecule has 4 N–H and O–H groups in total. The normalized spacial score (nSPS) is 12.1. The third-order valence-corrected chi connectivity index (χ3v) is 5.27. The number of carbonyl (C=O) groups excluding carboxylic acids is 2. The van der Waals surface area contributed by atoms with Crippen molar-refractivity contribution in [3.8, 4) is 11.5 Å². The molecule has 1 heterocycles. The number of para-hydroxylation sites is 1. The number of carbonyl (C=O) groups is 2. The molecule has 0 atom stereocenters. The third kappa shape index (κ3) is 3.13. The summed E-state index contributed by atoms with van der Waals surface area (Å²) in [5.41, 5.74) is 1.80. The van der Waals surface area contributed by atoms with Crippen molar-refractivity contribution in [3.05, 3.63) is 101 Å². The van der Waals surface area contributed by atoms with Crippen LogP contribution in [-0.2, 0) is 0 Å². The summed E-state index contributed by atoms with van der Waals surface area (Å²) in [6, 6.07) is 18.4. The Bertz CT molecular complexity index is 1260. The van der Waals surface area contributed by atoms with Crippen molar-refractivity contribution in [1.82, 2.24) is 4.98 Å². The minimum atomic E-state index is -0.564. The van der Waals surface area contributed by atoms with E-state index in [0.717, 1.165) is 0 Å². The number of aromatic hydroxyl groups is 2. The fourth-order valence-electron chi connectivity index (χ4n) is 3.84. The maximum Gasteiger partial charge on any atom is 0.200 e. The van der Waals surface area contributed by atoms with Crippen molar-refractivity contribution in [2.75, 3.05) is 10.6 Å². The van der Waals surface area contributed by atoms with Gasteiger partial charge in [-0.25, -0.2) is 0 Å². The first-order valence-electron chi connectivity index (χ1n) is 9.85. The average Bonchev–Trinajstić information content (AvgIpc) is 2.81. The number of phenolic OH excluding ortho intramolecular Hbond substituents is 2. The van der Waals surface area contributed by atoms with Crippen LogP contribution in [0.5, 0.6) is 11.5 Å². The Morgan fingerprint density at radius 3 is 1.66 bits per heavy atom. The maximum absolute atomic E-state index is 13.5. The van der Waals surface area contributed by atoms with Crippen molar-refractivity contribution in [3.63, 3.8) is 0 Å².